The summed E-state index contributed by atoms with van der Waals surface area (Å²) in [6.07, 6.45) is 4.72. The van der Waals surface area contributed by atoms with Crippen LogP contribution in [0.5, 0.6) is 0 Å². The van der Waals surface area contributed by atoms with Gasteiger partial charge < -0.3 is 21.1 Å². The maximum absolute atomic E-state index is 11.2. The van der Waals surface area contributed by atoms with E-state index in [1.807, 2.05) is 12.1 Å². The smallest absolute Gasteiger partial charge is 0.248 e. The molecule has 1 amide bonds. The number of ether oxygens (including phenoxy) is 1. The van der Waals surface area contributed by atoms with Crippen molar-refractivity contribution in [1.29, 1.82) is 0 Å². The topological polar surface area (TPSA) is 76.4 Å². The van der Waals surface area contributed by atoms with E-state index in [0.717, 1.165) is 38.3 Å². The highest BCUT2D eigenvalue weighted by Crippen LogP contribution is 2.29. The van der Waals surface area contributed by atoms with Crippen LogP contribution in [0.2, 0.25) is 0 Å². The van der Waals surface area contributed by atoms with Gasteiger partial charge in [0.05, 0.1) is 13.2 Å². The number of hydrogen-bond acceptors (Lipinski definition) is 4. The molecule has 5 heteroatoms. The fourth-order valence-electron chi connectivity index (χ4n) is 3.87. The minimum atomic E-state index is -0.362. The normalized spacial score (nSPS) is 27.9. The summed E-state index contributed by atoms with van der Waals surface area (Å²) in [5.41, 5.74) is 7.08. The van der Waals surface area contributed by atoms with Crippen molar-refractivity contribution in [3.8, 4) is 0 Å². The molecule has 1 aromatic carbocycles. The summed E-state index contributed by atoms with van der Waals surface area (Å²) in [5, 5.41) is 7.32. The van der Waals surface area contributed by atoms with E-state index in [0.29, 0.717) is 23.6 Å². The molecule has 3 unspecified atom stereocenters. The zero-order chi connectivity index (χ0) is 16.1. The van der Waals surface area contributed by atoms with E-state index in [1.54, 1.807) is 6.07 Å². The van der Waals surface area contributed by atoms with E-state index in [2.05, 4.69) is 16.7 Å². The zero-order valence-electron chi connectivity index (χ0n) is 13.6. The van der Waals surface area contributed by atoms with E-state index in [9.17, 15) is 4.79 Å². The molecule has 3 rings (SSSR count). The Morgan fingerprint density at radius 1 is 1.39 bits per heavy atom. The largest absolute Gasteiger partial charge is 0.379 e. The third kappa shape index (κ3) is 4.31. The number of nitrogens with two attached hydrogens (primary N) is 1. The molecule has 2 fully saturated rings. The SMILES string of the molecule is NC(=O)c1cccc(CCNC2CCCC2C2COCCN2)c1. The van der Waals surface area contributed by atoms with Crippen LogP contribution in [0.3, 0.4) is 0 Å². The maximum atomic E-state index is 11.2. The molecule has 1 aromatic rings. The molecular formula is C18H27N3O2. The lowest BCUT2D eigenvalue weighted by molar-refractivity contribution is 0.0526. The van der Waals surface area contributed by atoms with Gasteiger partial charge in [-0.15, -0.1) is 0 Å². The summed E-state index contributed by atoms with van der Waals surface area (Å²) in [4.78, 5) is 11.2. The lowest BCUT2D eigenvalue weighted by Gasteiger charge is -2.33. The number of hydrogen-bond donors (Lipinski definition) is 3. The van der Waals surface area contributed by atoms with Crippen LogP contribution in [0.25, 0.3) is 0 Å². The van der Waals surface area contributed by atoms with Crippen LogP contribution in [-0.4, -0.2) is 44.3 Å². The molecule has 3 atom stereocenters. The van der Waals surface area contributed by atoms with Gasteiger partial charge in [0.2, 0.25) is 5.91 Å². The molecule has 1 heterocycles. The van der Waals surface area contributed by atoms with Gasteiger partial charge in [-0.2, -0.15) is 0 Å². The summed E-state index contributed by atoms with van der Waals surface area (Å²) < 4.78 is 5.62. The van der Waals surface area contributed by atoms with Crippen molar-refractivity contribution in [3.63, 3.8) is 0 Å². The number of rotatable bonds is 6. The summed E-state index contributed by atoms with van der Waals surface area (Å²) in [5.74, 6) is 0.297. The lowest BCUT2D eigenvalue weighted by atomic mass is 9.94. The monoisotopic (exact) mass is 317 g/mol. The maximum Gasteiger partial charge on any atom is 0.248 e. The first kappa shape index (κ1) is 16.4. The molecule has 126 valence electrons. The molecule has 0 spiro atoms. The van der Waals surface area contributed by atoms with Gasteiger partial charge in [0, 0.05) is 24.2 Å². The van der Waals surface area contributed by atoms with Crippen LogP contribution in [0.1, 0.15) is 35.2 Å². The fraction of sp³-hybridized carbons (Fsp3) is 0.611. The average molecular weight is 317 g/mol. The third-order valence-electron chi connectivity index (χ3n) is 5.07. The van der Waals surface area contributed by atoms with Gasteiger partial charge in [0.25, 0.3) is 0 Å². The summed E-state index contributed by atoms with van der Waals surface area (Å²) in [6, 6.07) is 8.66. The average Bonchev–Trinajstić information content (AvgIpc) is 3.04. The molecule has 5 nitrogen and oxygen atoms in total. The second kappa shape index (κ2) is 7.90. The van der Waals surface area contributed by atoms with Gasteiger partial charge in [0.15, 0.2) is 0 Å². The number of carbonyl (C=O) groups excluding carboxylic acids is 1. The van der Waals surface area contributed by atoms with Crippen LogP contribution in [0, 0.1) is 5.92 Å². The number of amides is 1. The third-order valence-corrected chi connectivity index (χ3v) is 5.07. The molecule has 1 aliphatic heterocycles. The zero-order valence-corrected chi connectivity index (χ0v) is 13.6. The van der Waals surface area contributed by atoms with E-state index < -0.39 is 0 Å². The standard InChI is InChI=1S/C18H27N3O2/c19-18(22)14-4-1-3-13(11-14)7-8-20-16-6-2-5-15(16)17-12-23-10-9-21-17/h1,3-4,11,15-17,20-21H,2,5-10,12H2,(H2,19,22). The molecule has 1 saturated carbocycles. The van der Waals surface area contributed by atoms with Crippen LogP contribution in [0.4, 0.5) is 0 Å². The van der Waals surface area contributed by atoms with Gasteiger partial charge in [-0.05, 0) is 49.4 Å². The van der Waals surface area contributed by atoms with E-state index in [4.69, 9.17) is 10.5 Å². The van der Waals surface area contributed by atoms with Crippen molar-refractivity contribution in [2.24, 2.45) is 11.7 Å². The van der Waals surface area contributed by atoms with E-state index >= 15 is 0 Å². The van der Waals surface area contributed by atoms with Crippen LogP contribution >= 0.6 is 0 Å². The Kier molecular flexibility index (Phi) is 5.65. The molecule has 0 radical (unpaired) electrons. The Labute approximate surface area is 138 Å². The molecule has 1 saturated heterocycles. The Balaban J connectivity index is 1.49. The first-order valence-electron chi connectivity index (χ1n) is 8.67. The number of primary amides is 1. The highest BCUT2D eigenvalue weighted by Gasteiger charge is 2.34. The first-order chi connectivity index (χ1) is 11.2. The molecule has 4 N–H and O–H groups in total. The lowest BCUT2D eigenvalue weighted by Crippen LogP contribution is -2.51. The Bertz CT molecular complexity index is 529. The van der Waals surface area contributed by atoms with Crippen LogP contribution in [0.15, 0.2) is 24.3 Å². The molecular weight excluding hydrogens is 290 g/mol. The van der Waals surface area contributed by atoms with E-state index in [-0.39, 0.29) is 5.91 Å². The molecule has 0 aromatic heterocycles. The Morgan fingerprint density at radius 2 is 2.30 bits per heavy atom. The second-order valence-electron chi connectivity index (χ2n) is 6.61. The van der Waals surface area contributed by atoms with Gasteiger partial charge >= 0.3 is 0 Å². The van der Waals surface area contributed by atoms with Gasteiger partial charge in [0.1, 0.15) is 0 Å². The number of carbonyl (C=O) groups is 1. The van der Waals surface area contributed by atoms with E-state index in [1.165, 1.54) is 19.3 Å². The number of morpholine rings is 1. The minimum absolute atomic E-state index is 0.362. The second-order valence-corrected chi connectivity index (χ2v) is 6.61. The van der Waals surface area contributed by atoms with Crippen molar-refractivity contribution in [2.75, 3.05) is 26.3 Å². The fourth-order valence-corrected chi connectivity index (χ4v) is 3.87. The molecule has 2 aliphatic rings. The summed E-state index contributed by atoms with van der Waals surface area (Å²) in [6.45, 7) is 3.56. The van der Waals surface area contributed by atoms with Gasteiger partial charge in [-0.3, -0.25) is 4.79 Å². The minimum Gasteiger partial charge on any atom is -0.379 e. The van der Waals surface area contributed by atoms with Gasteiger partial charge in [-0.25, -0.2) is 0 Å². The highest BCUT2D eigenvalue weighted by atomic mass is 16.5. The number of nitrogens with one attached hydrogen (secondary N) is 2. The van der Waals surface area contributed by atoms with Crippen LogP contribution < -0.4 is 16.4 Å². The Morgan fingerprint density at radius 3 is 3.09 bits per heavy atom. The molecule has 1 aliphatic carbocycles. The van der Waals surface area contributed by atoms with Gasteiger partial charge in [-0.1, -0.05) is 18.6 Å². The van der Waals surface area contributed by atoms with Crippen molar-refractivity contribution < 1.29 is 9.53 Å². The highest BCUT2D eigenvalue weighted by molar-refractivity contribution is 5.92. The molecule has 23 heavy (non-hydrogen) atoms. The quantitative estimate of drug-likeness (QED) is 0.734. The van der Waals surface area contributed by atoms with Crippen LogP contribution in [-0.2, 0) is 11.2 Å². The van der Waals surface area contributed by atoms with Crippen molar-refractivity contribution in [1.82, 2.24) is 10.6 Å². The number of benzene rings is 1. The Hall–Kier alpha value is -1.43. The van der Waals surface area contributed by atoms with Crippen molar-refractivity contribution in [2.45, 2.75) is 37.8 Å². The summed E-state index contributed by atoms with van der Waals surface area (Å²) in [7, 11) is 0. The predicted molar refractivity (Wildman–Crippen MR) is 90.4 cm³/mol. The van der Waals surface area contributed by atoms with Crippen molar-refractivity contribution >= 4 is 5.91 Å². The summed E-state index contributed by atoms with van der Waals surface area (Å²) >= 11 is 0. The first-order valence-corrected chi connectivity index (χ1v) is 8.67. The van der Waals surface area contributed by atoms with Crippen molar-refractivity contribution in [3.05, 3.63) is 35.4 Å². The molecule has 0 bridgehead atoms. The predicted octanol–water partition coefficient (Wildman–Crippen LogP) is 1.07.